The van der Waals surface area contributed by atoms with E-state index in [9.17, 15) is 4.79 Å². The lowest BCUT2D eigenvalue weighted by Crippen LogP contribution is -2.44. The Labute approximate surface area is 127 Å². The molecular weight excluding hydrogens is 272 g/mol. The largest absolute Gasteiger partial charge is 0.378 e. The number of nitrogens with zero attached hydrogens (tertiary/aromatic N) is 1. The van der Waals surface area contributed by atoms with Crippen LogP contribution in [0.5, 0.6) is 0 Å². The molecule has 1 rings (SSSR count). The molecule has 1 unspecified atom stereocenters. The van der Waals surface area contributed by atoms with E-state index in [0.717, 1.165) is 12.1 Å². The molecule has 112 valence electrons. The van der Waals surface area contributed by atoms with Crippen LogP contribution in [0, 0.1) is 5.41 Å². The van der Waals surface area contributed by atoms with Crippen LogP contribution in [0.15, 0.2) is 24.3 Å². The lowest BCUT2D eigenvalue weighted by molar-refractivity contribution is 0.0900. The first-order valence-electron chi connectivity index (χ1n) is 6.90. The summed E-state index contributed by atoms with van der Waals surface area (Å²) in [7, 11) is 3.95. The third kappa shape index (κ3) is 4.71. The van der Waals surface area contributed by atoms with Gasteiger partial charge in [-0.3, -0.25) is 4.79 Å². The van der Waals surface area contributed by atoms with E-state index < -0.39 is 0 Å². The van der Waals surface area contributed by atoms with Crippen molar-refractivity contribution < 1.29 is 4.79 Å². The SMILES string of the molecule is CN(C)c1ccc(C(=O)NC(CCCl)C(C)(C)C)cc1. The van der Waals surface area contributed by atoms with Crippen molar-refractivity contribution in [3.05, 3.63) is 29.8 Å². The quantitative estimate of drug-likeness (QED) is 0.843. The number of hydrogen-bond donors (Lipinski definition) is 1. The fourth-order valence-electron chi connectivity index (χ4n) is 1.98. The van der Waals surface area contributed by atoms with Crippen molar-refractivity contribution in [2.75, 3.05) is 24.9 Å². The van der Waals surface area contributed by atoms with Gasteiger partial charge in [0.1, 0.15) is 0 Å². The number of anilines is 1. The van der Waals surface area contributed by atoms with E-state index in [2.05, 4.69) is 26.1 Å². The van der Waals surface area contributed by atoms with Crippen LogP contribution >= 0.6 is 11.6 Å². The number of halogens is 1. The third-order valence-corrected chi connectivity index (χ3v) is 3.61. The van der Waals surface area contributed by atoms with E-state index in [4.69, 9.17) is 11.6 Å². The van der Waals surface area contributed by atoms with Crippen LogP contribution in [0.4, 0.5) is 5.69 Å². The number of carbonyl (C=O) groups is 1. The second-order valence-electron chi connectivity index (χ2n) is 6.31. The molecule has 0 bridgehead atoms. The van der Waals surface area contributed by atoms with Gasteiger partial charge in [-0.25, -0.2) is 0 Å². The molecule has 1 atom stereocenters. The Hall–Kier alpha value is -1.22. The van der Waals surface area contributed by atoms with Gasteiger partial charge in [0.05, 0.1) is 0 Å². The first-order valence-corrected chi connectivity index (χ1v) is 7.43. The fraction of sp³-hybridized carbons (Fsp3) is 0.562. The molecule has 0 radical (unpaired) electrons. The minimum atomic E-state index is -0.0413. The van der Waals surface area contributed by atoms with Crippen molar-refractivity contribution in [1.82, 2.24) is 5.32 Å². The highest BCUT2D eigenvalue weighted by Gasteiger charge is 2.25. The number of rotatable bonds is 5. The Morgan fingerprint density at radius 2 is 1.80 bits per heavy atom. The molecule has 4 heteroatoms. The minimum absolute atomic E-state index is 0.00583. The predicted octanol–water partition coefficient (Wildman–Crippen LogP) is 3.53. The second kappa shape index (κ2) is 6.98. The summed E-state index contributed by atoms with van der Waals surface area (Å²) < 4.78 is 0. The highest BCUT2D eigenvalue weighted by molar-refractivity contribution is 6.17. The van der Waals surface area contributed by atoms with Gasteiger partial charge in [-0.15, -0.1) is 11.6 Å². The summed E-state index contributed by atoms with van der Waals surface area (Å²) in [6.45, 7) is 6.33. The van der Waals surface area contributed by atoms with Gasteiger partial charge in [-0.05, 0) is 36.1 Å². The van der Waals surface area contributed by atoms with Crippen LogP contribution in [0.3, 0.4) is 0 Å². The summed E-state index contributed by atoms with van der Waals surface area (Å²) in [4.78, 5) is 14.3. The van der Waals surface area contributed by atoms with Crippen molar-refractivity contribution in [3.63, 3.8) is 0 Å². The molecule has 0 fully saturated rings. The van der Waals surface area contributed by atoms with Gasteiger partial charge in [0, 0.05) is 37.3 Å². The van der Waals surface area contributed by atoms with Gasteiger partial charge in [0.2, 0.25) is 0 Å². The Kier molecular flexibility index (Phi) is 5.88. The molecule has 0 saturated heterocycles. The Bertz CT molecular complexity index is 435. The van der Waals surface area contributed by atoms with E-state index >= 15 is 0 Å². The van der Waals surface area contributed by atoms with Crippen molar-refractivity contribution in [2.24, 2.45) is 5.41 Å². The minimum Gasteiger partial charge on any atom is -0.378 e. The first kappa shape index (κ1) is 16.8. The van der Waals surface area contributed by atoms with Crippen LogP contribution < -0.4 is 10.2 Å². The number of alkyl halides is 1. The summed E-state index contributed by atoms with van der Waals surface area (Å²) in [6, 6.07) is 7.67. The number of carbonyl (C=O) groups excluding carboxylic acids is 1. The first-order chi connectivity index (χ1) is 9.25. The van der Waals surface area contributed by atoms with Gasteiger partial charge in [0.15, 0.2) is 0 Å². The number of nitrogens with one attached hydrogen (secondary N) is 1. The van der Waals surface area contributed by atoms with Crippen LogP contribution in [0.2, 0.25) is 0 Å². The van der Waals surface area contributed by atoms with Crippen LogP contribution in [-0.2, 0) is 0 Å². The van der Waals surface area contributed by atoms with Crippen molar-refractivity contribution in [2.45, 2.75) is 33.2 Å². The van der Waals surface area contributed by atoms with E-state index in [1.165, 1.54) is 0 Å². The topological polar surface area (TPSA) is 32.3 Å². The molecule has 0 spiro atoms. The maximum atomic E-state index is 12.3. The highest BCUT2D eigenvalue weighted by atomic mass is 35.5. The normalized spacial score (nSPS) is 12.9. The molecule has 0 heterocycles. The maximum Gasteiger partial charge on any atom is 0.251 e. The monoisotopic (exact) mass is 296 g/mol. The Morgan fingerprint density at radius 3 is 2.20 bits per heavy atom. The zero-order valence-electron chi connectivity index (χ0n) is 13.0. The van der Waals surface area contributed by atoms with E-state index in [1.807, 2.05) is 43.3 Å². The predicted molar refractivity (Wildman–Crippen MR) is 86.8 cm³/mol. The van der Waals surface area contributed by atoms with Crippen molar-refractivity contribution in [3.8, 4) is 0 Å². The summed E-state index contributed by atoms with van der Waals surface area (Å²) >= 11 is 5.83. The van der Waals surface area contributed by atoms with Gasteiger partial charge in [-0.2, -0.15) is 0 Å². The van der Waals surface area contributed by atoms with Crippen LogP contribution in [0.25, 0.3) is 0 Å². The molecule has 1 aromatic carbocycles. The van der Waals surface area contributed by atoms with Gasteiger partial charge < -0.3 is 10.2 Å². The fourth-order valence-corrected chi connectivity index (χ4v) is 2.20. The number of benzene rings is 1. The summed E-state index contributed by atoms with van der Waals surface area (Å²) in [6.07, 6.45) is 0.770. The van der Waals surface area contributed by atoms with E-state index in [1.54, 1.807) is 0 Å². The van der Waals surface area contributed by atoms with Gasteiger partial charge >= 0.3 is 0 Å². The molecule has 0 aliphatic heterocycles. The molecule has 3 nitrogen and oxygen atoms in total. The van der Waals surface area contributed by atoms with Crippen LogP contribution in [0.1, 0.15) is 37.6 Å². The summed E-state index contributed by atoms with van der Waals surface area (Å²) in [5.74, 6) is 0.502. The van der Waals surface area contributed by atoms with Crippen LogP contribution in [-0.4, -0.2) is 31.9 Å². The van der Waals surface area contributed by atoms with E-state index in [-0.39, 0.29) is 17.4 Å². The standard InChI is InChI=1S/C16H25ClN2O/c1-16(2,3)14(10-11-17)18-15(20)12-6-8-13(9-7-12)19(4)5/h6-9,14H,10-11H2,1-5H3,(H,18,20). The second-order valence-corrected chi connectivity index (χ2v) is 6.69. The van der Waals surface area contributed by atoms with Gasteiger partial charge in [-0.1, -0.05) is 20.8 Å². The molecule has 0 saturated carbocycles. The molecule has 0 aliphatic carbocycles. The summed E-state index contributed by atoms with van der Waals surface area (Å²) in [5.41, 5.74) is 1.75. The lowest BCUT2D eigenvalue weighted by atomic mass is 9.85. The molecule has 20 heavy (non-hydrogen) atoms. The molecule has 1 amide bonds. The van der Waals surface area contributed by atoms with Gasteiger partial charge in [0.25, 0.3) is 5.91 Å². The summed E-state index contributed by atoms with van der Waals surface area (Å²) in [5, 5.41) is 3.09. The molecular formula is C16H25ClN2O. The average molecular weight is 297 g/mol. The zero-order valence-corrected chi connectivity index (χ0v) is 13.8. The Balaban J connectivity index is 2.78. The average Bonchev–Trinajstić information content (AvgIpc) is 2.37. The zero-order chi connectivity index (χ0) is 15.3. The molecule has 0 aromatic heterocycles. The molecule has 1 aromatic rings. The molecule has 1 N–H and O–H groups in total. The number of hydrogen-bond acceptors (Lipinski definition) is 2. The van der Waals surface area contributed by atoms with E-state index in [0.29, 0.717) is 11.4 Å². The maximum absolute atomic E-state index is 12.3. The lowest BCUT2D eigenvalue weighted by Gasteiger charge is -2.31. The third-order valence-electron chi connectivity index (χ3n) is 3.39. The number of amides is 1. The molecule has 0 aliphatic rings. The van der Waals surface area contributed by atoms with Crippen molar-refractivity contribution in [1.29, 1.82) is 0 Å². The van der Waals surface area contributed by atoms with Crippen molar-refractivity contribution >= 4 is 23.2 Å². The Morgan fingerprint density at radius 1 is 1.25 bits per heavy atom. The highest BCUT2D eigenvalue weighted by Crippen LogP contribution is 2.23. The smallest absolute Gasteiger partial charge is 0.251 e.